The van der Waals surface area contributed by atoms with Crippen LogP contribution in [0.4, 0.5) is 8.78 Å². The zero-order valence-electron chi connectivity index (χ0n) is 8.27. The van der Waals surface area contributed by atoms with Crippen LogP contribution in [-0.2, 0) is 0 Å². The van der Waals surface area contributed by atoms with E-state index in [1.165, 1.54) is 12.1 Å². The first-order valence-corrected chi connectivity index (χ1v) is 5.25. The second-order valence-electron chi connectivity index (χ2n) is 3.18. The van der Waals surface area contributed by atoms with Gasteiger partial charge in [0.1, 0.15) is 11.6 Å². The van der Waals surface area contributed by atoms with Crippen molar-refractivity contribution in [1.29, 1.82) is 0 Å². The molecular weight excluding hydrogens is 287 g/mol. The van der Waals surface area contributed by atoms with E-state index in [4.69, 9.17) is 5.73 Å². The van der Waals surface area contributed by atoms with Crippen molar-refractivity contribution >= 4 is 28.3 Å². The summed E-state index contributed by atoms with van der Waals surface area (Å²) in [5.41, 5.74) is 5.64. The molecule has 0 aliphatic heterocycles. The van der Waals surface area contributed by atoms with Crippen molar-refractivity contribution < 1.29 is 8.78 Å². The van der Waals surface area contributed by atoms with Gasteiger partial charge >= 0.3 is 0 Å². The Bertz CT molecular complexity index is 310. The first-order chi connectivity index (χ1) is 6.56. The van der Waals surface area contributed by atoms with Crippen LogP contribution >= 0.6 is 28.3 Å². The molecule has 1 aromatic carbocycles. The highest BCUT2D eigenvalue weighted by molar-refractivity contribution is 9.10. The van der Waals surface area contributed by atoms with E-state index in [9.17, 15) is 8.78 Å². The minimum absolute atomic E-state index is 0. The monoisotopic (exact) mass is 299 g/mol. The molecule has 86 valence electrons. The van der Waals surface area contributed by atoms with Crippen LogP contribution in [-0.4, -0.2) is 0 Å². The Morgan fingerprint density at radius 3 is 2.20 bits per heavy atom. The van der Waals surface area contributed by atoms with E-state index in [0.29, 0.717) is 10.9 Å². The normalized spacial score (nSPS) is 12.1. The van der Waals surface area contributed by atoms with Crippen molar-refractivity contribution in [2.75, 3.05) is 0 Å². The topological polar surface area (TPSA) is 26.0 Å². The molecule has 1 rings (SSSR count). The molecule has 0 saturated heterocycles. The van der Waals surface area contributed by atoms with Crippen molar-refractivity contribution in [2.24, 2.45) is 5.73 Å². The third-order valence-corrected chi connectivity index (χ3v) is 2.47. The third-order valence-electron chi connectivity index (χ3n) is 2.01. The van der Waals surface area contributed by atoms with Gasteiger partial charge in [-0.25, -0.2) is 8.78 Å². The molecule has 0 amide bonds. The number of rotatable bonds is 3. The lowest BCUT2D eigenvalue weighted by Gasteiger charge is -2.12. The second-order valence-corrected chi connectivity index (χ2v) is 4.09. The third kappa shape index (κ3) is 3.70. The Labute approximate surface area is 103 Å². The van der Waals surface area contributed by atoms with Gasteiger partial charge in [0, 0.05) is 16.1 Å². The molecule has 2 N–H and O–H groups in total. The van der Waals surface area contributed by atoms with Crippen LogP contribution in [0, 0.1) is 11.6 Å². The lowest BCUT2D eigenvalue weighted by atomic mass is 10.0. The lowest BCUT2D eigenvalue weighted by Crippen LogP contribution is -2.13. The van der Waals surface area contributed by atoms with Gasteiger partial charge < -0.3 is 5.73 Å². The molecule has 15 heavy (non-hydrogen) atoms. The fraction of sp³-hybridized carbons (Fsp3) is 0.400. The Morgan fingerprint density at radius 1 is 1.33 bits per heavy atom. The quantitative estimate of drug-likeness (QED) is 0.898. The predicted molar refractivity (Wildman–Crippen MR) is 63.1 cm³/mol. The Balaban J connectivity index is 0.00000196. The first-order valence-electron chi connectivity index (χ1n) is 4.46. The summed E-state index contributed by atoms with van der Waals surface area (Å²) < 4.78 is 27.1. The number of halogens is 4. The van der Waals surface area contributed by atoms with E-state index in [1.807, 2.05) is 6.92 Å². The van der Waals surface area contributed by atoms with Gasteiger partial charge in [0.2, 0.25) is 0 Å². The maximum absolute atomic E-state index is 13.3. The Morgan fingerprint density at radius 2 is 1.80 bits per heavy atom. The van der Waals surface area contributed by atoms with Crippen LogP contribution in [0.1, 0.15) is 31.4 Å². The second kappa shape index (κ2) is 6.40. The zero-order valence-corrected chi connectivity index (χ0v) is 10.7. The van der Waals surface area contributed by atoms with Crippen LogP contribution in [0.5, 0.6) is 0 Å². The molecule has 0 saturated carbocycles. The predicted octanol–water partition coefficient (Wildman–Crippen LogP) is 3.95. The molecule has 1 aromatic rings. The molecule has 0 fully saturated rings. The summed E-state index contributed by atoms with van der Waals surface area (Å²) in [4.78, 5) is 0. The molecule has 0 aromatic heterocycles. The van der Waals surface area contributed by atoms with Crippen molar-refractivity contribution in [3.05, 3.63) is 33.8 Å². The number of hydrogen-bond acceptors (Lipinski definition) is 1. The smallest absolute Gasteiger partial charge is 0.132 e. The summed E-state index contributed by atoms with van der Waals surface area (Å²) in [5.74, 6) is -1.17. The molecule has 1 atom stereocenters. The van der Waals surface area contributed by atoms with Gasteiger partial charge in [-0.15, -0.1) is 12.4 Å². The fourth-order valence-electron chi connectivity index (χ4n) is 1.36. The van der Waals surface area contributed by atoms with E-state index < -0.39 is 17.7 Å². The molecular formula is C10H13BrClF2N. The molecule has 0 radical (unpaired) electrons. The summed E-state index contributed by atoms with van der Waals surface area (Å²) in [6.45, 7) is 1.93. The maximum Gasteiger partial charge on any atom is 0.132 e. The molecule has 0 aliphatic carbocycles. The van der Waals surface area contributed by atoms with Crippen LogP contribution < -0.4 is 5.73 Å². The van der Waals surface area contributed by atoms with Crippen LogP contribution in [0.25, 0.3) is 0 Å². The number of nitrogens with two attached hydrogens (primary N) is 1. The highest BCUT2D eigenvalue weighted by atomic mass is 79.9. The minimum Gasteiger partial charge on any atom is -0.324 e. The largest absolute Gasteiger partial charge is 0.324 e. The molecule has 5 heteroatoms. The number of benzene rings is 1. The lowest BCUT2D eigenvalue weighted by molar-refractivity contribution is 0.509. The van der Waals surface area contributed by atoms with E-state index in [1.54, 1.807) is 0 Å². The van der Waals surface area contributed by atoms with Gasteiger partial charge in [0.05, 0.1) is 0 Å². The zero-order chi connectivity index (χ0) is 10.7. The van der Waals surface area contributed by atoms with Crippen molar-refractivity contribution in [3.63, 3.8) is 0 Å². The molecule has 0 unspecified atom stereocenters. The van der Waals surface area contributed by atoms with Crippen LogP contribution in [0.2, 0.25) is 0 Å². The summed E-state index contributed by atoms with van der Waals surface area (Å²) in [6, 6.07) is 1.90. The van der Waals surface area contributed by atoms with Crippen LogP contribution in [0.15, 0.2) is 16.6 Å². The van der Waals surface area contributed by atoms with E-state index in [0.717, 1.165) is 6.42 Å². The minimum atomic E-state index is -0.585. The van der Waals surface area contributed by atoms with E-state index in [2.05, 4.69) is 15.9 Å². The van der Waals surface area contributed by atoms with Gasteiger partial charge in [-0.2, -0.15) is 0 Å². The van der Waals surface area contributed by atoms with Crippen molar-refractivity contribution in [1.82, 2.24) is 0 Å². The number of hydrogen-bond donors (Lipinski definition) is 1. The average Bonchev–Trinajstić information content (AvgIpc) is 2.01. The van der Waals surface area contributed by atoms with Gasteiger partial charge in [0.15, 0.2) is 0 Å². The van der Waals surface area contributed by atoms with Crippen molar-refractivity contribution in [3.8, 4) is 0 Å². The van der Waals surface area contributed by atoms with E-state index >= 15 is 0 Å². The van der Waals surface area contributed by atoms with Crippen LogP contribution in [0.3, 0.4) is 0 Å². The first kappa shape index (κ1) is 14.8. The summed E-state index contributed by atoms with van der Waals surface area (Å²) in [7, 11) is 0. The average molecular weight is 301 g/mol. The maximum atomic E-state index is 13.3. The highest BCUT2D eigenvalue weighted by Gasteiger charge is 2.16. The molecule has 0 aliphatic rings. The molecule has 0 spiro atoms. The molecule has 1 nitrogen and oxygen atoms in total. The fourth-order valence-corrected chi connectivity index (χ4v) is 1.76. The van der Waals surface area contributed by atoms with Crippen molar-refractivity contribution in [2.45, 2.75) is 25.8 Å². The summed E-state index contributed by atoms with van der Waals surface area (Å²) in [5, 5.41) is 0. The Hall–Kier alpha value is -0.190. The summed E-state index contributed by atoms with van der Waals surface area (Å²) in [6.07, 6.45) is 1.38. The van der Waals surface area contributed by atoms with Gasteiger partial charge in [0.25, 0.3) is 0 Å². The van der Waals surface area contributed by atoms with E-state index in [-0.39, 0.29) is 18.0 Å². The van der Waals surface area contributed by atoms with Gasteiger partial charge in [-0.1, -0.05) is 29.3 Å². The molecule has 0 heterocycles. The van der Waals surface area contributed by atoms with Gasteiger partial charge in [-0.3, -0.25) is 0 Å². The SMILES string of the molecule is CCC[C@H](N)c1c(F)cc(Br)cc1F.Cl. The Kier molecular flexibility index (Phi) is 6.32. The van der Waals surface area contributed by atoms with Gasteiger partial charge in [-0.05, 0) is 18.6 Å². The molecule has 0 bridgehead atoms. The summed E-state index contributed by atoms with van der Waals surface area (Å²) >= 11 is 3.01. The standard InChI is InChI=1S/C10H12BrF2N.ClH/c1-2-3-9(14)10-7(12)4-6(11)5-8(10)13;/h4-5,9H,2-3,14H2,1H3;1H/t9-;/m0./s1. The highest BCUT2D eigenvalue weighted by Crippen LogP contribution is 2.25.